The van der Waals surface area contributed by atoms with Gasteiger partial charge in [0.2, 0.25) is 0 Å². The Morgan fingerprint density at radius 1 is 0.850 bits per heavy atom. The first kappa shape index (κ1) is 16.4. The zero-order valence-corrected chi connectivity index (χ0v) is 11.1. The van der Waals surface area contributed by atoms with E-state index >= 15 is 0 Å². The van der Waals surface area contributed by atoms with Crippen LogP contribution in [0.2, 0.25) is 0 Å². The number of benzene rings is 1. The van der Waals surface area contributed by atoms with E-state index in [4.69, 9.17) is 0 Å². The van der Waals surface area contributed by atoms with Crippen LogP contribution < -0.4 is 4.68 Å². The zero-order valence-electron chi connectivity index (χ0n) is 10.2. The minimum atomic E-state index is -10.7. The molecule has 0 saturated heterocycles. The second-order valence-electron chi connectivity index (χ2n) is 3.89. The third-order valence-corrected chi connectivity index (χ3v) is 1.89. The van der Waals surface area contributed by atoms with Crippen LogP contribution in [0.3, 0.4) is 0 Å². The molecule has 20 heavy (non-hydrogen) atoms. The number of hydrogen-bond acceptors (Lipinski definition) is 1. The SMILES string of the molecule is C[n+]1cccc(-c2ccccc2)n1.F[P-](F)(F)(F)(F)F. The summed E-state index contributed by atoms with van der Waals surface area (Å²) < 4.78 is 61.0. The second kappa shape index (κ2) is 4.70. The third-order valence-electron chi connectivity index (χ3n) is 1.89. The van der Waals surface area contributed by atoms with Crippen LogP contribution in [0, 0.1) is 0 Å². The summed E-state index contributed by atoms with van der Waals surface area (Å²) in [6.45, 7) is 0. The van der Waals surface area contributed by atoms with Crippen LogP contribution in [0.15, 0.2) is 48.7 Å². The molecule has 0 aliphatic rings. The van der Waals surface area contributed by atoms with Gasteiger partial charge in [-0.3, -0.25) is 0 Å². The molecular weight excluding hydrogens is 305 g/mol. The van der Waals surface area contributed by atoms with Gasteiger partial charge in [0.25, 0.3) is 0 Å². The summed E-state index contributed by atoms with van der Waals surface area (Å²) >= 11 is 0. The molecule has 9 heteroatoms. The quantitative estimate of drug-likeness (QED) is 0.413. The van der Waals surface area contributed by atoms with E-state index < -0.39 is 7.81 Å². The molecule has 0 radical (unpaired) electrons. The van der Waals surface area contributed by atoms with E-state index in [2.05, 4.69) is 17.2 Å². The van der Waals surface area contributed by atoms with Gasteiger partial charge in [-0.25, -0.2) is 0 Å². The molecule has 1 aromatic heterocycles. The van der Waals surface area contributed by atoms with Gasteiger partial charge >= 0.3 is 33.0 Å². The Morgan fingerprint density at radius 2 is 1.35 bits per heavy atom. The average molecular weight is 316 g/mol. The van der Waals surface area contributed by atoms with Crippen LogP contribution in [-0.2, 0) is 7.05 Å². The molecule has 112 valence electrons. The molecule has 0 amide bonds. The molecule has 0 spiro atoms. The Balaban J connectivity index is 0.000000246. The number of nitrogens with zero attached hydrogens (tertiary/aromatic N) is 2. The first-order chi connectivity index (χ1) is 8.81. The molecule has 0 saturated carbocycles. The fourth-order valence-electron chi connectivity index (χ4n) is 1.26. The van der Waals surface area contributed by atoms with Crippen LogP contribution in [0.1, 0.15) is 0 Å². The third kappa shape index (κ3) is 9.27. The van der Waals surface area contributed by atoms with Crippen molar-refractivity contribution < 1.29 is 29.9 Å². The van der Waals surface area contributed by atoms with Crippen LogP contribution >= 0.6 is 7.81 Å². The van der Waals surface area contributed by atoms with Gasteiger partial charge in [-0.1, -0.05) is 35.0 Å². The summed E-state index contributed by atoms with van der Waals surface area (Å²) in [5.74, 6) is 0. The molecule has 2 aromatic rings. The van der Waals surface area contributed by atoms with Gasteiger partial charge in [0.1, 0.15) is 5.69 Å². The van der Waals surface area contributed by atoms with E-state index in [0.29, 0.717) is 0 Å². The fourth-order valence-corrected chi connectivity index (χ4v) is 1.26. The van der Waals surface area contributed by atoms with E-state index in [0.717, 1.165) is 11.3 Å². The van der Waals surface area contributed by atoms with Crippen LogP contribution in [0.5, 0.6) is 0 Å². The molecule has 2 rings (SSSR count). The van der Waals surface area contributed by atoms with Crippen LogP contribution in [-0.4, -0.2) is 5.10 Å². The van der Waals surface area contributed by atoms with Crippen molar-refractivity contribution in [3.63, 3.8) is 0 Å². The molecule has 1 aromatic carbocycles. The molecule has 0 atom stereocenters. The number of aromatic nitrogens is 2. The topological polar surface area (TPSA) is 16.8 Å². The molecular formula is C11H11F6N2P. The van der Waals surface area contributed by atoms with Gasteiger partial charge in [0, 0.05) is 11.6 Å². The summed E-state index contributed by atoms with van der Waals surface area (Å²) in [5.41, 5.74) is 2.16. The van der Waals surface area contributed by atoms with Gasteiger partial charge < -0.3 is 0 Å². The zero-order chi connectivity index (χ0) is 15.5. The normalized spacial score (nSPS) is 14.6. The van der Waals surface area contributed by atoms with Crippen molar-refractivity contribution in [3.8, 4) is 11.3 Å². The maximum atomic E-state index is 9.87. The predicted molar refractivity (Wildman–Crippen MR) is 64.4 cm³/mol. The van der Waals surface area contributed by atoms with Crippen molar-refractivity contribution in [2.75, 3.05) is 0 Å². The fraction of sp³-hybridized carbons (Fsp3) is 0.0909. The van der Waals surface area contributed by atoms with Gasteiger partial charge in [-0.2, -0.15) is 0 Å². The number of rotatable bonds is 1. The van der Waals surface area contributed by atoms with Gasteiger partial charge in [-0.05, 0) is 11.2 Å². The molecule has 2 nitrogen and oxygen atoms in total. The summed E-state index contributed by atoms with van der Waals surface area (Å²) in [6.07, 6.45) is 1.92. The van der Waals surface area contributed by atoms with Gasteiger partial charge in [-0.15, -0.1) is 0 Å². The standard InChI is InChI=1S/C11H11N2.F6P/c1-13-9-5-8-11(12-13)10-6-3-2-4-7-10;1-7(2,3,4,5)6/h2-9H,1H3;/q+1;-1. The van der Waals surface area contributed by atoms with Gasteiger partial charge in [0.15, 0.2) is 13.2 Å². The Labute approximate surface area is 110 Å². The summed E-state index contributed by atoms with van der Waals surface area (Å²) in [5, 5.41) is 4.36. The van der Waals surface area contributed by atoms with E-state index in [-0.39, 0.29) is 0 Å². The van der Waals surface area contributed by atoms with Crippen molar-refractivity contribution in [1.82, 2.24) is 5.10 Å². The monoisotopic (exact) mass is 316 g/mol. The first-order valence-corrected chi connectivity index (χ1v) is 7.29. The minimum absolute atomic E-state index is 1.01. The van der Waals surface area contributed by atoms with Gasteiger partial charge in [0.05, 0.1) is 0 Å². The number of hydrogen-bond donors (Lipinski definition) is 0. The maximum absolute atomic E-state index is 10.7. The van der Waals surface area contributed by atoms with Crippen molar-refractivity contribution in [3.05, 3.63) is 48.7 Å². The second-order valence-corrected chi connectivity index (χ2v) is 5.81. The molecule has 0 N–H and O–H groups in total. The van der Waals surface area contributed by atoms with E-state index in [1.807, 2.05) is 48.3 Å². The van der Waals surface area contributed by atoms with Crippen molar-refractivity contribution >= 4 is 7.81 Å². The summed E-state index contributed by atoms with van der Waals surface area (Å²) in [7, 11) is -8.73. The average Bonchev–Trinajstić information content (AvgIpc) is 2.26. The van der Waals surface area contributed by atoms with E-state index in [1.165, 1.54) is 0 Å². The van der Waals surface area contributed by atoms with Crippen molar-refractivity contribution in [2.45, 2.75) is 0 Å². The molecule has 0 aliphatic heterocycles. The molecule has 0 bridgehead atoms. The van der Waals surface area contributed by atoms with Crippen molar-refractivity contribution in [2.24, 2.45) is 7.05 Å². The predicted octanol–water partition coefficient (Wildman–Crippen LogP) is 4.96. The van der Waals surface area contributed by atoms with E-state index in [1.54, 1.807) is 0 Å². The van der Waals surface area contributed by atoms with Crippen LogP contribution in [0.4, 0.5) is 25.2 Å². The summed E-state index contributed by atoms with van der Waals surface area (Å²) in [6, 6.07) is 14.2. The van der Waals surface area contributed by atoms with E-state index in [9.17, 15) is 25.2 Å². The van der Waals surface area contributed by atoms with Crippen LogP contribution in [0.25, 0.3) is 11.3 Å². The Morgan fingerprint density at radius 3 is 1.80 bits per heavy atom. The molecule has 0 fully saturated rings. The molecule has 0 unspecified atom stereocenters. The van der Waals surface area contributed by atoms with Crippen molar-refractivity contribution in [1.29, 1.82) is 0 Å². The Bertz CT molecular complexity index is 571. The first-order valence-electron chi connectivity index (χ1n) is 5.26. The molecule has 1 heterocycles. The summed E-state index contributed by atoms with van der Waals surface area (Å²) in [4.78, 5) is 0. The number of halogens is 6. The Hall–Kier alpha value is -1.69. The Kier molecular flexibility index (Phi) is 3.84. The number of aryl methyl sites for hydroxylation is 1. The molecule has 0 aliphatic carbocycles.